The Balaban J connectivity index is 0.000000607. The maximum absolute atomic E-state index is 13.6. The van der Waals surface area contributed by atoms with Crippen molar-refractivity contribution >= 4 is 28.8 Å². The number of amides is 1. The fourth-order valence-corrected chi connectivity index (χ4v) is 4.41. The molecule has 0 aliphatic carbocycles. The molecule has 4 nitrogen and oxygen atoms in total. The van der Waals surface area contributed by atoms with Crippen LogP contribution in [-0.4, -0.2) is 20.6 Å². The van der Waals surface area contributed by atoms with Crippen molar-refractivity contribution in [3.05, 3.63) is 82.9 Å². The molecule has 0 radical (unpaired) electrons. The number of benzene rings is 1. The monoisotopic (exact) mass is 645 g/mol. The maximum atomic E-state index is 13.6. The Kier molecular flexibility index (Phi) is 14.8. The molecule has 0 N–H and O–H groups in total. The second kappa shape index (κ2) is 15.3. The number of aromatic nitrogens is 2. The van der Waals surface area contributed by atoms with Gasteiger partial charge < -0.3 is 12.3 Å². The molecule has 1 amide bonds. The maximum Gasteiger partial charge on any atom is 1.00 e. The minimum absolute atomic E-state index is 0. The summed E-state index contributed by atoms with van der Waals surface area (Å²) in [4.78, 5) is 14.2. The first kappa shape index (κ1) is 34.0. The zero-order valence-electron chi connectivity index (χ0n) is 19.6. The van der Waals surface area contributed by atoms with Gasteiger partial charge in [0.2, 0.25) is 5.91 Å². The molecule has 0 spiro atoms. The number of hydrogen-bond acceptors (Lipinski definition) is 3. The van der Waals surface area contributed by atoms with Gasteiger partial charge in [0.25, 0.3) is 0 Å². The SMILES string of the molecule is C#C.C=CC(=O)N1Cc2cc(Cl)sc2C1.CCn1cc(-c2ccccc2F)c(C(F)(F)F)n1.[CH3-].[Cs+]. The molecule has 0 unspecified atom stereocenters. The number of hydrogen-bond donors (Lipinski definition) is 0. The van der Waals surface area contributed by atoms with Crippen molar-refractivity contribution in [1.82, 2.24) is 14.7 Å². The predicted octanol–water partition coefficient (Wildman–Crippen LogP) is 3.86. The van der Waals surface area contributed by atoms with E-state index in [0.717, 1.165) is 15.1 Å². The van der Waals surface area contributed by atoms with E-state index in [9.17, 15) is 22.4 Å². The first-order chi connectivity index (χ1) is 15.6. The van der Waals surface area contributed by atoms with Crippen LogP contribution in [0.3, 0.4) is 0 Å². The Morgan fingerprint density at radius 1 is 1.26 bits per heavy atom. The molecule has 1 aliphatic heterocycles. The van der Waals surface area contributed by atoms with E-state index >= 15 is 0 Å². The van der Waals surface area contributed by atoms with Crippen LogP contribution in [0, 0.1) is 26.1 Å². The average molecular weight is 646 g/mol. The summed E-state index contributed by atoms with van der Waals surface area (Å²) in [5, 5.41) is 3.44. The predicted molar refractivity (Wildman–Crippen MR) is 128 cm³/mol. The van der Waals surface area contributed by atoms with E-state index < -0.39 is 17.7 Å². The third-order valence-electron chi connectivity index (χ3n) is 4.57. The second-order valence-electron chi connectivity index (χ2n) is 6.62. The van der Waals surface area contributed by atoms with E-state index in [4.69, 9.17) is 11.6 Å². The zero-order chi connectivity index (χ0) is 24.8. The summed E-state index contributed by atoms with van der Waals surface area (Å²) in [6.07, 6.45) is 5.96. The number of terminal acetylenes is 1. The van der Waals surface area contributed by atoms with Crippen molar-refractivity contribution < 1.29 is 91.2 Å². The van der Waals surface area contributed by atoms with Crippen LogP contribution < -0.4 is 68.9 Å². The standard InChI is InChI=1S/C12H10F4N2.C9H8ClNOS.C2H2.CH3.Cs/c1-2-18-7-9(11(17-18)12(14,15)16)8-5-3-4-6-10(8)13;1-2-9(12)11-4-6-3-8(10)13-7(6)5-11;1-2;;/h3-7H,2H2,1H3;2-3H,1,4-5H2;1-2H;1H3;/q;;;-1;+1. The number of thiophene rings is 1. The van der Waals surface area contributed by atoms with Gasteiger partial charge in [0.05, 0.1) is 10.9 Å². The first-order valence-electron chi connectivity index (χ1n) is 9.55. The summed E-state index contributed by atoms with van der Waals surface area (Å²) >= 11 is 7.38. The van der Waals surface area contributed by atoms with E-state index in [1.165, 1.54) is 40.9 Å². The summed E-state index contributed by atoms with van der Waals surface area (Å²) in [6, 6.07) is 7.27. The number of alkyl halides is 3. The van der Waals surface area contributed by atoms with Crippen molar-refractivity contribution in [3.63, 3.8) is 0 Å². The Hall–Kier alpha value is -1.04. The Labute approximate surface area is 270 Å². The molecule has 3 aromatic rings. The Bertz CT molecular complexity index is 1130. The van der Waals surface area contributed by atoms with E-state index in [-0.39, 0.29) is 99.9 Å². The summed E-state index contributed by atoms with van der Waals surface area (Å²) in [5.74, 6) is -0.710. The van der Waals surface area contributed by atoms with E-state index in [2.05, 4.69) is 24.5 Å². The van der Waals surface area contributed by atoms with Crippen LogP contribution in [-0.2, 0) is 30.6 Å². The van der Waals surface area contributed by atoms with Gasteiger partial charge in [0.1, 0.15) is 5.82 Å². The molecule has 0 saturated heterocycles. The van der Waals surface area contributed by atoms with Gasteiger partial charge in [-0.05, 0) is 30.7 Å². The number of fused-ring (bicyclic) bond motifs is 1. The van der Waals surface area contributed by atoms with Crippen LogP contribution in [0.2, 0.25) is 4.34 Å². The normalized spacial score (nSPS) is 11.5. The largest absolute Gasteiger partial charge is 1.00 e. The second-order valence-corrected chi connectivity index (χ2v) is 8.39. The smallest absolute Gasteiger partial charge is 0.358 e. The Morgan fingerprint density at radius 3 is 2.40 bits per heavy atom. The minimum Gasteiger partial charge on any atom is -0.358 e. The quantitative estimate of drug-likeness (QED) is 0.188. The molecule has 11 heteroatoms. The van der Waals surface area contributed by atoms with Crippen LogP contribution in [0.25, 0.3) is 11.1 Å². The van der Waals surface area contributed by atoms with Gasteiger partial charge >= 0.3 is 75.1 Å². The number of rotatable bonds is 3. The number of nitrogens with zero attached hydrogens (tertiary/aromatic N) is 3. The van der Waals surface area contributed by atoms with Gasteiger partial charge in [-0.1, -0.05) is 36.4 Å². The molecule has 4 rings (SSSR count). The van der Waals surface area contributed by atoms with Gasteiger partial charge in [-0.25, -0.2) is 4.39 Å². The third-order valence-corrected chi connectivity index (χ3v) is 5.86. The summed E-state index contributed by atoms with van der Waals surface area (Å²) < 4.78 is 53.9. The van der Waals surface area contributed by atoms with Gasteiger partial charge in [0.15, 0.2) is 5.69 Å². The molecule has 1 aliphatic rings. The molecule has 0 atom stereocenters. The topological polar surface area (TPSA) is 38.1 Å². The van der Waals surface area contributed by atoms with Crippen molar-refractivity contribution in [2.24, 2.45) is 0 Å². The number of carbonyl (C=O) groups is 1. The molecule has 0 bridgehead atoms. The average Bonchev–Trinajstić information content (AvgIpc) is 3.48. The van der Waals surface area contributed by atoms with Crippen molar-refractivity contribution in [3.8, 4) is 24.0 Å². The molecular weight excluding hydrogens is 623 g/mol. The van der Waals surface area contributed by atoms with Crippen molar-refractivity contribution in [2.75, 3.05) is 0 Å². The van der Waals surface area contributed by atoms with Crippen LogP contribution in [0.15, 0.2) is 49.2 Å². The van der Waals surface area contributed by atoms with Gasteiger partial charge in [0, 0.05) is 35.3 Å². The molecule has 35 heavy (non-hydrogen) atoms. The number of halogens is 5. The molecule has 0 fully saturated rings. The van der Waals surface area contributed by atoms with Crippen LogP contribution >= 0.6 is 22.9 Å². The summed E-state index contributed by atoms with van der Waals surface area (Å²) in [6.45, 7) is 6.76. The van der Waals surface area contributed by atoms with Gasteiger partial charge in [-0.15, -0.1) is 24.2 Å². The molecule has 182 valence electrons. The van der Waals surface area contributed by atoms with Crippen LogP contribution in [0.4, 0.5) is 17.6 Å². The molecule has 0 saturated carbocycles. The molecule has 3 heterocycles. The Morgan fingerprint density at radius 2 is 1.89 bits per heavy atom. The van der Waals surface area contributed by atoms with Crippen LogP contribution in [0.5, 0.6) is 0 Å². The molecular formula is C24H23ClCsF4N3OS. The van der Waals surface area contributed by atoms with Gasteiger partial charge in [-0.2, -0.15) is 18.3 Å². The fraction of sp³-hybridized carbons (Fsp3) is 0.208. The first-order valence-corrected chi connectivity index (χ1v) is 10.7. The third kappa shape index (κ3) is 8.79. The minimum atomic E-state index is -4.60. The van der Waals surface area contributed by atoms with E-state index in [1.807, 2.05) is 6.07 Å². The fourth-order valence-electron chi connectivity index (χ4n) is 3.09. The van der Waals surface area contributed by atoms with Crippen molar-refractivity contribution in [2.45, 2.75) is 32.7 Å². The van der Waals surface area contributed by atoms with E-state index in [1.54, 1.807) is 23.2 Å². The van der Waals surface area contributed by atoms with Gasteiger partial charge in [-0.3, -0.25) is 9.48 Å². The molecule has 2 aromatic heterocycles. The van der Waals surface area contributed by atoms with Crippen LogP contribution in [0.1, 0.15) is 23.1 Å². The van der Waals surface area contributed by atoms with E-state index in [0.29, 0.717) is 13.1 Å². The number of carbonyl (C=O) groups excluding carboxylic acids is 1. The van der Waals surface area contributed by atoms with Crippen molar-refractivity contribution in [1.29, 1.82) is 0 Å². The summed E-state index contributed by atoms with van der Waals surface area (Å²) in [7, 11) is 0. The zero-order valence-corrected chi connectivity index (χ0v) is 27.4. The summed E-state index contributed by atoms with van der Waals surface area (Å²) in [5.41, 5.74) is -0.216. The number of aryl methyl sites for hydroxylation is 1. The molecule has 1 aromatic carbocycles.